The Morgan fingerprint density at radius 3 is 2.52 bits per heavy atom. The third kappa shape index (κ3) is 3.40. The lowest BCUT2D eigenvalue weighted by molar-refractivity contribution is -0.140. The third-order valence-electron chi connectivity index (χ3n) is 4.85. The lowest BCUT2D eigenvalue weighted by Gasteiger charge is -2.32. The van der Waals surface area contributed by atoms with Crippen molar-refractivity contribution in [1.82, 2.24) is 4.90 Å². The van der Waals surface area contributed by atoms with Crippen LogP contribution in [0.1, 0.15) is 19.3 Å². The highest BCUT2D eigenvalue weighted by Crippen LogP contribution is 2.59. The molecule has 1 aromatic rings. The summed E-state index contributed by atoms with van der Waals surface area (Å²) in [7, 11) is 0. The van der Waals surface area contributed by atoms with E-state index in [-0.39, 0.29) is 23.8 Å². The number of piperidine rings is 1. The Morgan fingerprint density at radius 2 is 1.96 bits per heavy atom. The van der Waals surface area contributed by atoms with E-state index in [4.69, 9.17) is 33.0 Å². The maximum absolute atomic E-state index is 12.2. The molecule has 1 unspecified atom stereocenters. The molecule has 1 atom stereocenters. The number of carboxylic acid groups (broad SMARTS) is 1. The molecule has 3 rings (SSSR count). The monoisotopic (exact) mass is 357 g/mol. The summed E-state index contributed by atoms with van der Waals surface area (Å²) in [5.41, 5.74) is -0.0762. The fourth-order valence-electron chi connectivity index (χ4n) is 3.25. The molecule has 1 aliphatic carbocycles. The summed E-state index contributed by atoms with van der Waals surface area (Å²) in [5.74, 6) is -0.548. The van der Waals surface area contributed by atoms with Crippen LogP contribution in [-0.2, 0) is 9.59 Å². The standard InChI is InChI=1S/C16H17Cl2NO4/c17-12-2-1-10(7-13(12)18)23-9-14(20)19-5-3-16(4-6-19)8-11(16)15(21)22/h1-2,7,11H,3-6,8-9H2,(H,21,22). The molecular weight excluding hydrogens is 341 g/mol. The molecule has 0 bridgehead atoms. The summed E-state index contributed by atoms with van der Waals surface area (Å²) < 4.78 is 5.46. The smallest absolute Gasteiger partial charge is 0.307 e. The first kappa shape index (κ1) is 16.4. The lowest BCUT2D eigenvalue weighted by atomic mass is 9.91. The van der Waals surface area contributed by atoms with Gasteiger partial charge in [0, 0.05) is 19.2 Å². The van der Waals surface area contributed by atoms with Gasteiger partial charge < -0.3 is 14.7 Å². The van der Waals surface area contributed by atoms with Crippen LogP contribution in [0.25, 0.3) is 0 Å². The maximum atomic E-state index is 12.2. The van der Waals surface area contributed by atoms with Crippen molar-refractivity contribution in [3.8, 4) is 5.75 Å². The van der Waals surface area contributed by atoms with Gasteiger partial charge in [-0.3, -0.25) is 9.59 Å². The van der Waals surface area contributed by atoms with Gasteiger partial charge >= 0.3 is 5.97 Å². The van der Waals surface area contributed by atoms with E-state index in [0.29, 0.717) is 28.9 Å². The maximum Gasteiger partial charge on any atom is 0.307 e. The number of nitrogens with zero attached hydrogens (tertiary/aromatic N) is 1. The molecule has 124 valence electrons. The Bertz CT molecular complexity index is 641. The van der Waals surface area contributed by atoms with Crippen LogP contribution in [0.3, 0.4) is 0 Å². The topological polar surface area (TPSA) is 66.8 Å². The van der Waals surface area contributed by atoms with Crippen molar-refractivity contribution < 1.29 is 19.4 Å². The summed E-state index contributed by atoms with van der Waals surface area (Å²) in [6.45, 7) is 1.12. The van der Waals surface area contributed by atoms with E-state index in [0.717, 1.165) is 19.3 Å². The number of hydrogen-bond acceptors (Lipinski definition) is 3. The first-order valence-corrected chi connectivity index (χ1v) is 8.25. The van der Waals surface area contributed by atoms with Gasteiger partial charge in [-0.15, -0.1) is 0 Å². The number of carbonyl (C=O) groups excluding carboxylic acids is 1. The quantitative estimate of drug-likeness (QED) is 0.898. The predicted octanol–water partition coefficient (Wildman–Crippen LogP) is 3.09. The molecule has 2 fully saturated rings. The molecule has 0 radical (unpaired) electrons. The Labute approximate surface area is 144 Å². The normalized spacial score (nSPS) is 22.0. The van der Waals surface area contributed by atoms with Crippen molar-refractivity contribution in [2.45, 2.75) is 19.3 Å². The SMILES string of the molecule is O=C(O)C1CC12CCN(C(=O)COc1ccc(Cl)c(Cl)c1)CC2. The molecule has 1 aromatic carbocycles. The molecule has 1 saturated carbocycles. The number of benzene rings is 1. The summed E-state index contributed by atoms with van der Waals surface area (Å²) >= 11 is 11.7. The number of carbonyl (C=O) groups is 2. The molecular formula is C16H17Cl2NO4. The van der Waals surface area contributed by atoms with Gasteiger partial charge in [0.25, 0.3) is 5.91 Å². The molecule has 1 heterocycles. The largest absolute Gasteiger partial charge is 0.484 e. The highest BCUT2D eigenvalue weighted by Gasteiger charge is 2.59. The number of rotatable bonds is 4. The van der Waals surface area contributed by atoms with Gasteiger partial charge in [0.15, 0.2) is 6.61 Å². The Balaban J connectivity index is 1.48. The van der Waals surface area contributed by atoms with Crippen molar-refractivity contribution in [1.29, 1.82) is 0 Å². The summed E-state index contributed by atoms with van der Waals surface area (Å²) in [6.07, 6.45) is 2.25. The van der Waals surface area contributed by atoms with Crippen molar-refractivity contribution in [3.05, 3.63) is 28.2 Å². The molecule has 1 N–H and O–H groups in total. The zero-order valence-corrected chi connectivity index (χ0v) is 13.9. The van der Waals surface area contributed by atoms with Crippen LogP contribution in [0.15, 0.2) is 18.2 Å². The van der Waals surface area contributed by atoms with Crippen LogP contribution < -0.4 is 4.74 Å². The minimum Gasteiger partial charge on any atom is -0.484 e. The van der Waals surface area contributed by atoms with E-state index >= 15 is 0 Å². The molecule has 1 saturated heterocycles. The first-order chi connectivity index (χ1) is 10.9. The molecule has 23 heavy (non-hydrogen) atoms. The number of hydrogen-bond donors (Lipinski definition) is 1. The number of halogens is 2. The Kier molecular flexibility index (Phi) is 4.43. The van der Waals surface area contributed by atoms with Gasteiger partial charge in [0.05, 0.1) is 16.0 Å². The average molecular weight is 358 g/mol. The number of aliphatic carboxylic acids is 1. The molecule has 5 nitrogen and oxygen atoms in total. The fourth-order valence-corrected chi connectivity index (χ4v) is 3.54. The van der Waals surface area contributed by atoms with E-state index in [2.05, 4.69) is 0 Å². The van der Waals surface area contributed by atoms with Crippen LogP contribution in [0.5, 0.6) is 5.75 Å². The minimum atomic E-state index is -0.715. The third-order valence-corrected chi connectivity index (χ3v) is 5.59. The number of ether oxygens (including phenoxy) is 1. The van der Waals surface area contributed by atoms with Crippen molar-refractivity contribution in [2.75, 3.05) is 19.7 Å². The minimum absolute atomic E-state index is 0.0622. The molecule has 0 aromatic heterocycles. The predicted molar refractivity (Wildman–Crippen MR) is 85.9 cm³/mol. The van der Waals surface area contributed by atoms with Crippen LogP contribution in [-0.4, -0.2) is 41.6 Å². The lowest BCUT2D eigenvalue weighted by Crippen LogP contribution is -2.42. The van der Waals surface area contributed by atoms with Gasteiger partial charge in [-0.2, -0.15) is 0 Å². The summed E-state index contributed by atoms with van der Waals surface area (Å²) in [6, 6.07) is 4.85. The van der Waals surface area contributed by atoms with Crippen molar-refractivity contribution >= 4 is 35.1 Å². The average Bonchev–Trinajstić information content (AvgIpc) is 3.23. The Morgan fingerprint density at radius 1 is 1.26 bits per heavy atom. The number of likely N-dealkylation sites (tertiary alicyclic amines) is 1. The van der Waals surface area contributed by atoms with Crippen LogP contribution >= 0.6 is 23.2 Å². The van der Waals surface area contributed by atoms with Gasteiger partial charge in [-0.05, 0) is 36.8 Å². The first-order valence-electron chi connectivity index (χ1n) is 7.50. The molecule has 1 spiro atoms. The second kappa shape index (κ2) is 6.21. The van der Waals surface area contributed by atoms with Crippen LogP contribution in [0.4, 0.5) is 0 Å². The van der Waals surface area contributed by atoms with Gasteiger partial charge in [0.1, 0.15) is 5.75 Å². The molecule has 2 aliphatic rings. The van der Waals surface area contributed by atoms with Crippen LogP contribution in [0, 0.1) is 11.3 Å². The fraction of sp³-hybridized carbons (Fsp3) is 0.500. The molecule has 7 heteroatoms. The van der Waals surface area contributed by atoms with Crippen molar-refractivity contribution in [2.24, 2.45) is 11.3 Å². The van der Waals surface area contributed by atoms with Crippen LogP contribution in [0.2, 0.25) is 10.0 Å². The second-order valence-electron chi connectivity index (χ2n) is 6.20. The summed E-state index contributed by atoms with van der Waals surface area (Å²) in [5, 5.41) is 9.89. The van der Waals surface area contributed by atoms with E-state index in [1.54, 1.807) is 23.1 Å². The van der Waals surface area contributed by atoms with Gasteiger partial charge in [-0.25, -0.2) is 0 Å². The van der Waals surface area contributed by atoms with E-state index in [1.165, 1.54) is 0 Å². The van der Waals surface area contributed by atoms with E-state index in [1.807, 2.05) is 0 Å². The highest BCUT2D eigenvalue weighted by atomic mass is 35.5. The van der Waals surface area contributed by atoms with E-state index < -0.39 is 5.97 Å². The zero-order chi connectivity index (χ0) is 16.6. The molecule has 1 amide bonds. The molecule has 1 aliphatic heterocycles. The van der Waals surface area contributed by atoms with E-state index in [9.17, 15) is 9.59 Å². The van der Waals surface area contributed by atoms with Gasteiger partial charge in [0.2, 0.25) is 0 Å². The van der Waals surface area contributed by atoms with Gasteiger partial charge in [-0.1, -0.05) is 23.2 Å². The number of carboxylic acids is 1. The second-order valence-corrected chi connectivity index (χ2v) is 7.02. The zero-order valence-electron chi connectivity index (χ0n) is 12.4. The summed E-state index contributed by atoms with van der Waals surface area (Å²) in [4.78, 5) is 25.0. The highest BCUT2D eigenvalue weighted by molar-refractivity contribution is 6.42. The Hall–Kier alpha value is -1.46. The number of amides is 1. The van der Waals surface area contributed by atoms with Crippen molar-refractivity contribution in [3.63, 3.8) is 0 Å².